The molecule has 0 aliphatic heterocycles. The number of hydrogen-bond acceptors (Lipinski definition) is 5. The average Bonchev–Trinajstić information content (AvgIpc) is 2.89. The Labute approximate surface area is 238 Å². The van der Waals surface area contributed by atoms with Crippen molar-refractivity contribution in [3.8, 4) is 18.1 Å². The van der Waals surface area contributed by atoms with E-state index < -0.39 is 29.7 Å². The number of unbranched alkanes of at least 4 members (excludes halogenated alkanes) is 1. The standard InChI is InChI=1S/C32H43N3O5/c1-9-11-20-35(30(37)27(21-22(3)4)34-31(38)40-32(5,6)7)28(26-15-13-12-14-23(26)10-2)29(36)33-24-16-18-25(39-8)19-17-24/h2,12-19,22,27-28H,9,11,20-21H2,1,3-8H3,(H,33,36)(H,34,38). The quantitative estimate of drug-likeness (QED) is 0.320. The van der Waals surface area contributed by atoms with Gasteiger partial charge in [-0.1, -0.05) is 51.3 Å². The van der Waals surface area contributed by atoms with Gasteiger partial charge < -0.3 is 25.0 Å². The minimum Gasteiger partial charge on any atom is -0.497 e. The lowest BCUT2D eigenvalue weighted by Crippen LogP contribution is -2.53. The molecule has 0 heterocycles. The molecule has 0 fully saturated rings. The summed E-state index contributed by atoms with van der Waals surface area (Å²) in [7, 11) is 1.57. The maximum absolute atomic E-state index is 14.2. The van der Waals surface area contributed by atoms with Crippen LogP contribution in [-0.2, 0) is 14.3 Å². The van der Waals surface area contributed by atoms with Crippen molar-refractivity contribution in [2.24, 2.45) is 5.92 Å². The molecule has 2 N–H and O–H groups in total. The molecule has 8 heteroatoms. The number of carbonyl (C=O) groups excluding carboxylic acids is 3. The fourth-order valence-corrected chi connectivity index (χ4v) is 4.24. The summed E-state index contributed by atoms with van der Waals surface area (Å²) < 4.78 is 10.7. The minimum absolute atomic E-state index is 0.0847. The minimum atomic E-state index is -1.04. The normalized spacial score (nSPS) is 12.6. The van der Waals surface area contributed by atoms with Gasteiger partial charge in [0, 0.05) is 17.8 Å². The molecule has 0 radical (unpaired) electrons. The Hall–Kier alpha value is -3.99. The number of benzene rings is 2. The Kier molecular flexibility index (Phi) is 12.1. The second-order valence-electron chi connectivity index (χ2n) is 11.1. The molecular weight excluding hydrogens is 506 g/mol. The zero-order valence-electron chi connectivity index (χ0n) is 24.7. The third-order valence-electron chi connectivity index (χ3n) is 6.06. The van der Waals surface area contributed by atoms with Crippen LogP contribution in [-0.4, -0.2) is 48.1 Å². The van der Waals surface area contributed by atoms with Crippen LogP contribution in [0, 0.1) is 18.3 Å². The molecule has 2 aromatic carbocycles. The lowest BCUT2D eigenvalue weighted by Gasteiger charge is -2.35. The van der Waals surface area contributed by atoms with Gasteiger partial charge in [0.15, 0.2) is 0 Å². The van der Waals surface area contributed by atoms with E-state index in [4.69, 9.17) is 15.9 Å². The Morgan fingerprint density at radius 1 is 1.05 bits per heavy atom. The van der Waals surface area contributed by atoms with Crippen LogP contribution in [0.3, 0.4) is 0 Å². The van der Waals surface area contributed by atoms with Crippen LogP contribution >= 0.6 is 0 Å². The average molecular weight is 550 g/mol. The first-order chi connectivity index (χ1) is 18.9. The van der Waals surface area contributed by atoms with Crippen LogP contribution in [0.25, 0.3) is 0 Å². The third-order valence-corrected chi connectivity index (χ3v) is 6.06. The number of carbonyl (C=O) groups is 3. The van der Waals surface area contributed by atoms with Gasteiger partial charge in [-0.05, 0) is 75.4 Å². The van der Waals surface area contributed by atoms with Crippen LogP contribution in [0.4, 0.5) is 10.5 Å². The summed E-state index contributed by atoms with van der Waals surface area (Å²) in [6.07, 6.45) is 6.95. The molecule has 0 bridgehead atoms. The first kappa shape index (κ1) is 32.2. The second-order valence-corrected chi connectivity index (χ2v) is 11.1. The summed E-state index contributed by atoms with van der Waals surface area (Å²) in [6.45, 7) is 11.5. The predicted molar refractivity (Wildman–Crippen MR) is 158 cm³/mol. The van der Waals surface area contributed by atoms with Gasteiger partial charge in [0.1, 0.15) is 23.4 Å². The van der Waals surface area contributed by atoms with E-state index in [2.05, 4.69) is 16.6 Å². The van der Waals surface area contributed by atoms with Gasteiger partial charge in [-0.3, -0.25) is 9.59 Å². The molecule has 0 aliphatic carbocycles. The van der Waals surface area contributed by atoms with Crippen LogP contribution in [0.15, 0.2) is 48.5 Å². The molecule has 8 nitrogen and oxygen atoms in total. The van der Waals surface area contributed by atoms with Gasteiger partial charge in [0.2, 0.25) is 5.91 Å². The number of terminal acetylenes is 1. The van der Waals surface area contributed by atoms with Gasteiger partial charge in [-0.15, -0.1) is 6.42 Å². The smallest absolute Gasteiger partial charge is 0.408 e. The molecule has 0 aromatic heterocycles. The number of ether oxygens (including phenoxy) is 2. The summed E-state index contributed by atoms with van der Waals surface area (Å²) >= 11 is 0. The lowest BCUT2D eigenvalue weighted by atomic mass is 9.95. The van der Waals surface area contributed by atoms with E-state index in [9.17, 15) is 14.4 Å². The van der Waals surface area contributed by atoms with E-state index in [0.717, 1.165) is 6.42 Å². The topological polar surface area (TPSA) is 97.0 Å². The maximum atomic E-state index is 14.2. The highest BCUT2D eigenvalue weighted by Crippen LogP contribution is 2.28. The number of rotatable bonds is 12. The molecule has 2 unspecified atom stereocenters. The molecule has 0 aliphatic rings. The number of methoxy groups -OCH3 is 1. The van der Waals surface area contributed by atoms with Crippen LogP contribution in [0.1, 0.15) is 78.0 Å². The van der Waals surface area contributed by atoms with Crippen molar-refractivity contribution in [2.45, 2.75) is 78.5 Å². The van der Waals surface area contributed by atoms with Crippen LogP contribution < -0.4 is 15.4 Å². The number of anilines is 1. The molecule has 216 valence electrons. The molecule has 0 saturated carbocycles. The molecular formula is C32H43N3O5. The number of nitrogens with one attached hydrogen (secondary N) is 2. The first-order valence-corrected chi connectivity index (χ1v) is 13.7. The van der Waals surface area contributed by atoms with Crippen LogP contribution in [0.2, 0.25) is 0 Å². The maximum Gasteiger partial charge on any atom is 0.408 e. The summed E-state index contributed by atoms with van der Waals surface area (Å²) in [5.41, 5.74) is 0.847. The molecule has 2 rings (SSSR count). The van der Waals surface area contributed by atoms with Crippen molar-refractivity contribution in [3.05, 3.63) is 59.7 Å². The predicted octanol–water partition coefficient (Wildman–Crippen LogP) is 5.92. The van der Waals surface area contributed by atoms with Crippen molar-refractivity contribution >= 4 is 23.6 Å². The number of amides is 3. The molecule has 2 atom stereocenters. The zero-order chi connectivity index (χ0) is 29.9. The number of hydrogen-bond donors (Lipinski definition) is 2. The van der Waals surface area contributed by atoms with Crippen molar-refractivity contribution in [1.29, 1.82) is 0 Å². The highest BCUT2D eigenvalue weighted by Gasteiger charge is 2.37. The summed E-state index contributed by atoms with van der Waals surface area (Å²) in [5.74, 6) is 2.59. The summed E-state index contributed by atoms with van der Waals surface area (Å²) in [5, 5.41) is 5.70. The monoisotopic (exact) mass is 549 g/mol. The number of nitrogens with zero attached hydrogens (tertiary/aromatic N) is 1. The largest absolute Gasteiger partial charge is 0.497 e. The lowest BCUT2D eigenvalue weighted by molar-refractivity contribution is -0.141. The zero-order valence-corrected chi connectivity index (χ0v) is 24.7. The van der Waals surface area contributed by atoms with E-state index in [1.807, 2.05) is 20.8 Å². The van der Waals surface area contributed by atoms with E-state index in [-0.39, 0.29) is 11.8 Å². The fourth-order valence-electron chi connectivity index (χ4n) is 4.24. The molecule has 0 saturated heterocycles. The SMILES string of the molecule is C#Cc1ccccc1C(C(=O)Nc1ccc(OC)cc1)N(CCCC)C(=O)C(CC(C)C)NC(=O)OC(C)(C)C. The number of alkyl carbamates (subject to hydrolysis) is 1. The molecule has 40 heavy (non-hydrogen) atoms. The fraction of sp³-hybridized carbons (Fsp3) is 0.469. The Morgan fingerprint density at radius 2 is 1.70 bits per heavy atom. The van der Waals surface area contributed by atoms with Gasteiger partial charge in [0.05, 0.1) is 7.11 Å². The van der Waals surface area contributed by atoms with E-state index >= 15 is 0 Å². The van der Waals surface area contributed by atoms with Crippen molar-refractivity contribution in [1.82, 2.24) is 10.2 Å². The Bertz CT molecular complexity index is 1180. The highest BCUT2D eigenvalue weighted by molar-refractivity contribution is 5.99. The summed E-state index contributed by atoms with van der Waals surface area (Å²) in [6, 6.07) is 12.1. The van der Waals surface area contributed by atoms with Gasteiger partial charge >= 0.3 is 6.09 Å². The van der Waals surface area contributed by atoms with Crippen molar-refractivity contribution in [2.75, 3.05) is 19.0 Å². The Balaban J connectivity index is 2.57. The van der Waals surface area contributed by atoms with E-state index in [0.29, 0.717) is 42.0 Å². The molecule has 0 spiro atoms. The second kappa shape index (κ2) is 15.0. The van der Waals surface area contributed by atoms with Crippen LogP contribution in [0.5, 0.6) is 5.75 Å². The summed E-state index contributed by atoms with van der Waals surface area (Å²) in [4.78, 5) is 42.5. The van der Waals surface area contributed by atoms with E-state index in [1.54, 1.807) is 76.4 Å². The third kappa shape index (κ3) is 9.64. The Morgan fingerprint density at radius 3 is 2.25 bits per heavy atom. The van der Waals surface area contributed by atoms with Gasteiger partial charge in [0.25, 0.3) is 5.91 Å². The molecule has 3 amide bonds. The van der Waals surface area contributed by atoms with E-state index in [1.165, 1.54) is 4.90 Å². The first-order valence-electron chi connectivity index (χ1n) is 13.7. The van der Waals surface area contributed by atoms with Crippen molar-refractivity contribution < 1.29 is 23.9 Å². The van der Waals surface area contributed by atoms with Gasteiger partial charge in [-0.25, -0.2) is 4.79 Å². The van der Waals surface area contributed by atoms with Gasteiger partial charge in [-0.2, -0.15) is 0 Å². The molecule has 2 aromatic rings. The van der Waals surface area contributed by atoms with Crippen molar-refractivity contribution in [3.63, 3.8) is 0 Å². The highest BCUT2D eigenvalue weighted by atomic mass is 16.6.